The zero-order valence-electron chi connectivity index (χ0n) is 15.1. The number of alkyl halides is 3. The van der Waals surface area contributed by atoms with E-state index >= 15 is 0 Å². The fraction of sp³-hybridized carbons (Fsp3) is 0.211. The quantitative estimate of drug-likeness (QED) is 0.723. The predicted octanol–water partition coefficient (Wildman–Crippen LogP) is 3.62. The Morgan fingerprint density at radius 3 is 2.50 bits per heavy atom. The zero-order chi connectivity index (χ0) is 20.3. The van der Waals surface area contributed by atoms with Crippen molar-refractivity contribution in [2.75, 3.05) is 0 Å². The molecule has 0 bridgehead atoms. The molecule has 2 heterocycles. The second-order valence-corrected chi connectivity index (χ2v) is 6.06. The van der Waals surface area contributed by atoms with Crippen LogP contribution in [0.4, 0.5) is 13.2 Å². The zero-order valence-corrected chi connectivity index (χ0v) is 15.1. The molecule has 0 aliphatic carbocycles. The van der Waals surface area contributed by atoms with Crippen molar-refractivity contribution >= 4 is 5.91 Å². The number of carbonyl (C=O) groups excluding carboxylic acids is 1. The SMILES string of the molecule is Cc1cc(C(=O)NCc2cccc(-c3ccc(OC(F)(F)F)cc3)n2)n(C)n1. The van der Waals surface area contributed by atoms with Crippen LogP contribution in [0.5, 0.6) is 5.75 Å². The van der Waals surface area contributed by atoms with Gasteiger partial charge in [0.05, 0.1) is 23.6 Å². The molecule has 1 amide bonds. The average molecular weight is 390 g/mol. The molecule has 0 aliphatic heterocycles. The molecular formula is C19H17F3N4O2. The number of halogens is 3. The van der Waals surface area contributed by atoms with E-state index in [2.05, 4.69) is 20.1 Å². The first-order chi connectivity index (χ1) is 13.2. The van der Waals surface area contributed by atoms with Crippen molar-refractivity contribution in [3.05, 3.63) is 65.6 Å². The van der Waals surface area contributed by atoms with Gasteiger partial charge in [-0.1, -0.05) is 6.07 Å². The third kappa shape index (κ3) is 4.87. The van der Waals surface area contributed by atoms with Crippen molar-refractivity contribution in [1.82, 2.24) is 20.1 Å². The number of nitrogens with one attached hydrogen (secondary N) is 1. The summed E-state index contributed by atoms with van der Waals surface area (Å²) in [5.74, 6) is -0.574. The summed E-state index contributed by atoms with van der Waals surface area (Å²) in [6, 6.07) is 12.4. The highest BCUT2D eigenvalue weighted by molar-refractivity contribution is 5.92. The monoisotopic (exact) mass is 390 g/mol. The normalized spacial score (nSPS) is 11.3. The molecule has 146 valence electrons. The summed E-state index contributed by atoms with van der Waals surface area (Å²) in [4.78, 5) is 16.7. The number of carbonyl (C=O) groups is 1. The molecule has 0 fully saturated rings. The molecule has 0 atom stereocenters. The van der Waals surface area contributed by atoms with Crippen molar-refractivity contribution in [1.29, 1.82) is 0 Å². The van der Waals surface area contributed by atoms with E-state index in [9.17, 15) is 18.0 Å². The maximum atomic E-state index is 12.3. The lowest BCUT2D eigenvalue weighted by Gasteiger charge is -2.10. The van der Waals surface area contributed by atoms with Gasteiger partial charge in [0.15, 0.2) is 0 Å². The maximum absolute atomic E-state index is 12.3. The second-order valence-electron chi connectivity index (χ2n) is 6.06. The molecule has 6 nitrogen and oxygen atoms in total. The van der Waals surface area contributed by atoms with Crippen molar-refractivity contribution in [2.24, 2.45) is 7.05 Å². The van der Waals surface area contributed by atoms with Crippen molar-refractivity contribution < 1.29 is 22.7 Å². The molecular weight excluding hydrogens is 373 g/mol. The fourth-order valence-electron chi connectivity index (χ4n) is 2.65. The molecule has 0 radical (unpaired) electrons. The van der Waals surface area contributed by atoms with Crippen LogP contribution in [0.2, 0.25) is 0 Å². The highest BCUT2D eigenvalue weighted by Gasteiger charge is 2.30. The van der Waals surface area contributed by atoms with Crippen LogP contribution >= 0.6 is 0 Å². The molecule has 1 aromatic carbocycles. The summed E-state index contributed by atoms with van der Waals surface area (Å²) in [5, 5.41) is 6.91. The lowest BCUT2D eigenvalue weighted by Crippen LogP contribution is -2.25. The van der Waals surface area contributed by atoms with E-state index in [1.165, 1.54) is 28.9 Å². The molecule has 9 heteroatoms. The van der Waals surface area contributed by atoms with E-state index in [1.54, 1.807) is 38.2 Å². The van der Waals surface area contributed by atoms with Crippen LogP contribution in [-0.2, 0) is 13.6 Å². The Morgan fingerprint density at radius 2 is 1.89 bits per heavy atom. The lowest BCUT2D eigenvalue weighted by molar-refractivity contribution is -0.274. The first-order valence-corrected chi connectivity index (χ1v) is 8.32. The number of nitrogens with zero attached hydrogens (tertiary/aromatic N) is 3. The van der Waals surface area contributed by atoms with E-state index in [0.29, 0.717) is 22.6 Å². The Balaban J connectivity index is 1.68. The second kappa shape index (κ2) is 7.71. The molecule has 2 aromatic heterocycles. The van der Waals surface area contributed by atoms with Crippen molar-refractivity contribution in [3.8, 4) is 17.0 Å². The van der Waals surface area contributed by atoms with Gasteiger partial charge in [-0.15, -0.1) is 13.2 Å². The van der Waals surface area contributed by atoms with E-state index in [4.69, 9.17) is 0 Å². The Morgan fingerprint density at radius 1 is 1.18 bits per heavy atom. The van der Waals surface area contributed by atoms with Crippen LogP contribution < -0.4 is 10.1 Å². The molecule has 0 aliphatic rings. The van der Waals surface area contributed by atoms with Gasteiger partial charge in [-0.25, -0.2) is 0 Å². The first-order valence-electron chi connectivity index (χ1n) is 8.32. The smallest absolute Gasteiger partial charge is 0.406 e. The fourth-order valence-corrected chi connectivity index (χ4v) is 2.65. The molecule has 3 rings (SSSR count). The standard InChI is InChI=1S/C19H17F3N4O2/c1-12-10-17(26(2)25-12)18(27)23-11-14-4-3-5-16(24-14)13-6-8-15(9-7-13)28-19(20,21)22/h3-10H,11H2,1-2H3,(H,23,27). The molecule has 1 N–H and O–H groups in total. The Bertz CT molecular complexity index is 982. The van der Waals surface area contributed by atoms with Gasteiger partial charge in [0.25, 0.3) is 5.91 Å². The maximum Gasteiger partial charge on any atom is 0.573 e. The summed E-state index contributed by atoms with van der Waals surface area (Å²) in [6.07, 6.45) is -4.73. The number of amides is 1. The minimum Gasteiger partial charge on any atom is -0.406 e. The van der Waals surface area contributed by atoms with Crippen molar-refractivity contribution in [2.45, 2.75) is 19.8 Å². The van der Waals surface area contributed by atoms with E-state index < -0.39 is 6.36 Å². The van der Waals surface area contributed by atoms with Crippen LogP contribution in [0, 0.1) is 6.92 Å². The molecule has 0 saturated carbocycles. The van der Waals surface area contributed by atoms with Crippen molar-refractivity contribution in [3.63, 3.8) is 0 Å². The molecule has 0 unspecified atom stereocenters. The van der Waals surface area contributed by atoms with E-state index in [1.807, 2.05) is 0 Å². The Labute approximate surface area is 159 Å². The number of aryl methyl sites for hydroxylation is 2. The number of aromatic nitrogens is 3. The summed E-state index contributed by atoms with van der Waals surface area (Å²) in [6.45, 7) is 2.00. The predicted molar refractivity (Wildman–Crippen MR) is 95.5 cm³/mol. The Hall–Kier alpha value is -3.36. The third-order valence-electron chi connectivity index (χ3n) is 3.86. The van der Waals surface area contributed by atoms with Crippen LogP contribution in [0.3, 0.4) is 0 Å². The summed E-state index contributed by atoms with van der Waals surface area (Å²) >= 11 is 0. The molecule has 0 saturated heterocycles. The summed E-state index contributed by atoms with van der Waals surface area (Å²) in [7, 11) is 1.69. The number of hydrogen-bond donors (Lipinski definition) is 1. The Kier molecular flexibility index (Phi) is 5.34. The van der Waals surface area contributed by atoms with Gasteiger partial charge < -0.3 is 10.1 Å². The topological polar surface area (TPSA) is 69.0 Å². The first kappa shape index (κ1) is 19.4. The largest absolute Gasteiger partial charge is 0.573 e. The van der Waals surface area contributed by atoms with E-state index in [-0.39, 0.29) is 18.2 Å². The van der Waals surface area contributed by atoms with Gasteiger partial charge in [0, 0.05) is 12.6 Å². The number of rotatable bonds is 5. The van der Waals surface area contributed by atoms with Crippen LogP contribution in [-0.4, -0.2) is 27.0 Å². The number of ether oxygens (including phenoxy) is 1. The van der Waals surface area contributed by atoms with Gasteiger partial charge in [-0.05, 0) is 49.4 Å². The molecule has 3 aromatic rings. The minimum atomic E-state index is -4.73. The average Bonchev–Trinajstić information content (AvgIpc) is 2.97. The number of pyridine rings is 1. The van der Waals surface area contributed by atoms with Crippen LogP contribution in [0.1, 0.15) is 21.9 Å². The molecule has 0 spiro atoms. The van der Waals surface area contributed by atoms with Gasteiger partial charge in [-0.3, -0.25) is 14.5 Å². The van der Waals surface area contributed by atoms with Gasteiger partial charge in [0.1, 0.15) is 11.4 Å². The summed E-state index contributed by atoms with van der Waals surface area (Å²) in [5.41, 5.74) is 2.99. The molecule has 28 heavy (non-hydrogen) atoms. The van der Waals surface area contributed by atoms with Gasteiger partial charge in [-0.2, -0.15) is 5.10 Å². The number of benzene rings is 1. The van der Waals surface area contributed by atoms with Crippen LogP contribution in [0.25, 0.3) is 11.3 Å². The highest BCUT2D eigenvalue weighted by atomic mass is 19.4. The highest BCUT2D eigenvalue weighted by Crippen LogP contribution is 2.25. The number of hydrogen-bond acceptors (Lipinski definition) is 4. The third-order valence-corrected chi connectivity index (χ3v) is 3.86. The summed E-state index contributed by atoms with van der Waals surface area (Å²) < 4.78 is 42.1. The lowest BCUT2D eigenvalue weighted by atomic mass is 10.1. The van der Waals surface area contributed by atoms with E-state index in [0.717, 1.165) is 5.69 Å². The van der Waals surface area contributed by atoms with Gasteiger partial charge >= 0.3 is 6.36 Å². The van der Waals surface area contributed by atoms with Gasteiger partial charge in [0.2, 0.25) is 0 Å². The minimum absolute atomic E-state index is 0.201. The van der Waals surface area contributed by atoms with Crippen LogP contribution in [0.15, 0.2) is 48.5 Å².